The standard InChI is InChI=1S/C15H25ClN6O3S/c1-20-9-12(16)13-14(20)15(19-10-18-13)21-5-3-11(4-6-21)22(7-8-25-2)26(17,23)24/h9-11,13-14H,3-8H2,1-2H3,(H2,17,23,24). The van der Waals surface area contributed by atoms with Crippen molar-refractivity contribution in [2.75, 3.05) is 40.4 Å². The predicted octanol–water partition coefficient (Wildman–Crippen LogP) is -0.194. The molecule has 3 aliphatic rings. The first kappa shape index (κ1) is 19.6. The van der Waals surface area contributed by atoms with Crippen LogP contribution < -0.4 is 5.14 Å². The van der Waals surface area contributed by atoms with Gasteiger partial charge in [0.2, 0.25) is 0 Å². The summed E-state index contributed by atoms with van der Waals surface area (Å²) >= 11 is 6.28. The third-order valence-corrected chi connectivity index (χ3v) is 6.52. The third kappa shape index (κ3) is 3.89. The first-order chi connectivity index (χ1) is 12.3. The highest BCUT2D eigenvalue weighted by atomic mass is 35.5. The molecule has 9 nitrogen and oxygen atoms in total. The van der Waals surface area contributed by atoms with Gasteiger partial charge in [-0.15, -0.1) is 0 Å². The number of rotatable bonds is 5. The van der Waals surface area contributed by atoms with Gasteiger partial charge >= 0.3 is 0 Å². The zero-order chi connectivity index (χ0) is 18.9. The van der Waals surface area contributed by atoms with Crippen molar-refractivity contribution in [3.63, 3.8) is 0 Å². The van der Waals surface area contributed by atoms with Gasteiger partial charge in [0.15, 0.2) is 0 Å². The molecule has 2 N–H and O–H groups in total. The predicted molar refractivity (Wildman–Crippen MR) is 101 cm³/mol. The number of nitrogens with two attached hydrogens (primary N) is 1. The Morgan fingerprint density at radius 3 is 2.73 bits per heavy atom. The van der Waals surface area contributed by atoms with Gasteiger partial charge in [-0.25, -0.2) is 10.1 Å². The molecular formula is C15H25ClN6O3S. The number of methoxy groups -OCH3 is 1. The van der Waals surface area contributed by atoms with Crippen LogP contribution in [0.1, 0.15) is 12.8 Å². The van der Waals surface area contributed by atoms with E-state index in [4.69, 9.17) is 21.5 Å². The van der Waals surface area contributed by atoms with E-state index in [2.05, 4.69) is 14.9 Å². The molecule has 2 atom stereocenters. The van der Waals surface area contributed by atoms with Crippen LogP contribution in [0, 0.1) is 0 Å². The van der Waals surface area contributed by atoms with E-state index in [1.54, 1.807) is 13.4 Å². The van der Waals surface area contributed by atoms with Crippen molar-refractivity contribution >= 4 is 34.0 Å². The summed E-state index contributed by atoms with van der Waals surface area (Å²) in [7, 11) is -0.256. The number of hydrogen-bond acceptors (Lipinski definition) is 7. The van der Waals surface area contributed by atoms with Gasteiger partial charge in [0.05, 0.1) is 11.6 Å². The maximum atomic E-state index is 11.9. The van der Waals surface area contributed by atoms with Crippen molar-refractivity contribution in [2.24, 2.45) is 15.1 Å². The molecule has 0 aliphatic carbocycles. The summed E-state index contributed by atoms with van der Waals surface area (Å²) < 4.78 is 30.2. The molecule has 3 rings (SSSR count). The zero-order valence-corrected chi connectivity index (χ0v) is 16.5. The highest BCUT2D eigenvalue weighted by molar-refractivity contribution is 7.86. The normalized spacial score (nSPS) is 27.0. The molecule has 0 aromatic carbocycles. The van der Waals surface area contributed by atoms with Crippen LogP contribution in [0.2, 0.25) is 0 Å². The Balaban J connectivity index is 1.67. The number of aliphatic imine (C=N–C) groups is 2. The molecule has 3 heterocycles. The molecule has 2 unspecified atom stereocenters. The van der Waals surface area contributed by atoms with Gasteiger partial charge in [-0.05, 0) is 12.8 Å². The fourth-order valence-corrected chi connectivity index (χ4v) is 5.08. The van der Waals surface area contributed by atoms with E-state index < -0.39 is 10.2 Å². The Labute approximate surface area is 159 Å². The van der Waals surface area contributed by atoms with E-state index in [0.717, 1.165) is 5.84 Å². The molecule has 0 amide bonds. The molecule has 11 heteroatoms. The Bertz CT molecular complexity index is 717. The molecule has 0 aromatic heterocycles. The van der Waals surface area contributed by atoms with Gasteiger partial charge in [-0.3, -0.25) is 4.99 Å². The fraction of sp³-hybridized carbons (Fsp3) is 0.733. The number of halogens is 1. The number of fused-ring (bicyclic) bond motifs is 1. The molecule has 1 saturated heterocycles. The smallest absolute Gasteiger partial charge is 0.277 e. The van der Waals surface area contributed by atoms with Crippen LogP contribution in [0.3, 0.4) is 0 Å². The maximum absolute atomic E-state index is 11.9. The number of ether oxygens (including phenoxy) is 1. The summed E-state index contributed by atoms with van der Waals surface area (Å²) in [5, 5.41) is 6.10. The van der Waals surface area contributed by atoms with Crippen LogP contribution in [0.4, 0.5) is 0 Å². The van der Waals surface area contributed by atoms with Crippen LogP contribution in [0.5, 0.6) is 0 Å². The number of nitrogens with zero attached hydrogens (tertiary/aromatic N) is 5. The van der Waals surface area contributed by atoms with Crippen LogP contribution in [0.15, 0.2) is 21.2 Å². The molecular weight excluding hydrogens is 380 g/mol. The molecule has 0 radical (unpaired) electrons. The van der Waals surface area contributed by atoms with E-state index in [1.165, 1.54) is 4.31 Å². The third-order valence-electron chi connectivity index (χ3n) is 5.07. The van der Waals surface area contributed by atoms with Crippen LogP contribution in [0.25, 0.3) is 0 Å². The SMILES string of the molecule is COCCN(C1CCN(C2=NC=NC3C(Cl)=CN(C)C23)CC1)S(N)(=O)=O. The maximum Gasteiger partial charge on any atom is 0.277 e. The minimum Gasteiger partial charge on any atom is -0.383 e. The van der Waals surface area contributed by atoms with Crippen molar-refractivity contribution < 1.29 is 13.2 Å². The molecule has 26 heavy (non-hydrogen) atoms. The quantitative estimate of drug-likeness (QED) is 0.683. The lowest BCUT2D eigenvalue weighted by Gasteiger charge is -2.41. The first-order valence-electron chi connectivity index (χ1n) is 8.55. The highest BCUT2D eigenvalue weighted by Crippen LogP contribution is 2.31. The summed E-state index contributed by atoms with van der Waals surface area (Å²) in [5.74, 6) is 0.928. The number of piperidine rings is 1. The summed E-state index contributed by atoms with van der Waals surface area (Å²) in [6, 6.07) is -0.255. The zero-order valence-electron chi connectivity index (χ0n) is 15.0. The summed E-state index contributed by atoms with van der Waals surface area (Å²) in [6.07, 6.45) is 4.81. The molecule has 146 valence electrons. The van der Waals surface area contributed by atoms with Crippen LogP contribution in [-0.4, -0.2) is 93.2 Å². The topological polar surface area (TPSA) is 104 Å². The molecule has 0 bridgehead atoms. The lowest BCUT2D eigenvalue weighted by atomic mass is 10.0. The van der Waals surface area contributed by atoms with E-state index >= 15 is 0 Å². The summed E-state index contributed by atoms with van der Waals surface area (Å²) in [6.45, 7) is 1.98. The Morgan fingerprint density at radius 2 is 2.12 bits per heavy atom. The average Bonchev–Trinajstić information content (AvgIpc) is 2.89. The van der Waals surface area contributed by atoms with E-state index in [9.17, 15) is 8.42 Å². The van der Waals surface area contributed by atoms with Gasteiger partial charge in [-0.1, -0.05) is 11.6 Å². The summed E-state index contributed by atoms with van der Waals surface area (Å²) in [5.41, 5.74) is 0. The van der Waals surface area contributed by atoms with Crippen molar-refractivity contribution in [3.8, 4) is 0 Å². The number of likely N-dealkylation sites (N-methyl/N-ethyl adjacent to an activating group) is 1. The van der Waals surface area contributed by atoms with Crippen LogP contribution >= 0.6 is 11.6 Å². The first-order valence-corrected chi connectivity index (χ1v) is 10.4. The average molecular weight is 405 g/mol. The van der Waals surface area contributed by atoms with E-state index in [1.807, 2.05) is 18.1 Å². The molecule has 3 aliphatic heterocycles. The minimum atomic E-state index is -3.76. The van der Waals surface area contributed by atoms with Crippen molar-refractivity contribution in [2.45, 2.75) is 31.0 Å². The van der Waals surface area contributed by atoms with Gasteiger partial charge in [-0.2, -0.15) is 12.7 Å². The van der Waals surface area contributed by atoms with Gasteiger partial charge in [0.1, 0.15) is 24.3 Å². The fourth-order valence-electron chi connectivity index (χ4n) is 3.79. The summed E-state index contributed by atoms with van der Waals surface area (Å²) in [4.78, 5) is 13.1. The Morgan fingerprint density at radius 1 is 1.42 bits per heavy atom. The largest absolute Gasteiger partial charge is 0.383 e. The van der Waals surface area contributed by atoms with Gasteiger partial charge in [0.25, 0.3) is 10.2 Å². The second-order valence-corrected chi connectivity index (χ2v) is 8.62. The highest BCUT2D eigenvalue weighted by Gasteiger charge is 2.41. The second kappa shape index (κ2) is 7.81. The Hall–Kier alpha value is -1.20. The monoisotopic (exact) mass is 404 g/mol. The lowest BCUT2D eigenvalue weighted by molar-refractivity contribution is 0.144. The van der Waals surface area contributed by atoms with E-state index in [0.29, 0.717) is 37.6 Å². The lowest BCUT2D eigenvalue weighted by Crippen LogP contribution is -2.55. The van der Waals surface area contributed by atoms with Gasteiger partial charge in [0, 0.05) is 46.0 Å². The van der Waals surface area contributed by atoms with Crippen molar-refractivity contribution in [1.29, 1.82) is 0 Å². The van der Waals surface area contributed by atoms with Crippen molar-refractivity contribution in [1.82, 2.24) is 14.1 Å². The molecule has 0 saturated carbocycles. The van der Waals surface area contributed by atoms with Gasteiger partial charge < -0.3 is 14.5 Å². The molecule has 0 aromatic rings. The Kier molecular flexibility index (Phi) is 5.88. The van der Waals surface area contributed by atoms with Crippen molar-refractivity contribution in [3.05, 3.63) is 11.2 Å². The number of likely N-dealkylation sites (tertiary alicyclic amines) is 1. The molecule has 1 fully saturated rings. The molecule has 0 spiro atoms. The number of hydrogen-bond donors (Lipinski definition) is 1. The number of amidine groups is 1. The second-order valence-electron chi connectivity index (χ2n) is 6.69. The van der Waals surface area contributed by atoms with E-state index in [-0.39, 0.29) is 24.7 Å². The van der Waals surface area contributed by atoms with Crippen LogP contribution in [-0.2, 0) is 14.9 Å². The minimum absolute atomic E-state index is 0.00751.